The number of nitrogens with two attached hydrogens (primary N) is 1. The molecule has 0 radical (unpaired) electrons. The molecule has 0 aliphatic rings. The lowest BCUT2D eigenvalue weighted by Crippen LogP contribution is -2.03. The zero-order valence-corrected chi connectivity index (χ0v) is 10.4. The van der Waals surface area contributed by atoms with Gasteiger partial charge in [-0.2, -0.15) is 0 Å². The molecule has 0 fully saturated rings. The summed E-state index contributed by atoms with van der Waals surface area (Å²) in [5, 5.41) is 6.91. The predicted molar refractivity (Wildman–Crippen MR) is 70.0 cm³/mol. The molecule has 3 N–H and O–H groups in total. The standard InChI is InChI=1S/C11H12ClN3S/c1-7-15-8(6-16-7)5-14-11-9(12)3-2-4-10(11)13/h2-4,6,14H,5,13H2,1H3. The van der Waals surface area contributed by atoms with Crippen molar-refractivity contribution in [2.45, 2.75) is 13.5 Å². The normalized spacial score (nSPS) is 10.4. The van der Waals surface area contributed by atoms with Gasteiger partial charge < -0.3 is 11.1 Å². The van der Waals surface area contributed by atoms with Gasteiger partial charge in [0.05, 0.1) is 33.6 Å². The van der Waals surface area contributed by atoms with E-state index in [1.54, 1.807) is 11.3 Å². The van der Waals surface area contributed by atoms with Gasteiger partial charge in [0.15, 0.2) is 0 Å². The fraction of sp³-hybridized carbons (Fsp3) is 0.182. The first-order valence-electron chi connectivity index (χ1n) is 4.85. The number of aryl methyl sites for hydroxylation is 1. The van der Waals surface area contributed by atoms with Gasteiger partial charge in [-0.05, 0) is 19.1 Å². The summed E-state index contributed by atoms with van der Waals surface area (Å²) >= 11 is 7.67. The summed E-state index contributed by atoms with van der Waals surface area (Å²) in [6.45, 7) is 2.62. The number of hydrogen-bond acceptors (Lipinski definition) is 4. The molecule has 16 heavy (non-hydrogen) atoms. The largest absolute Gasteiger partial charge is 0.397 e. The number of rotatable bonds is 3. The predicted octanol–water partition coefficient (Wildman–Crippen LogP) is 3.30. The van der Waals surface area contributed by atoms with Crippen molar-refractivity contribution in [3.63, 3.8) is 0 Å². The van der Waals surface area contributed by atoms with Crippen LogP contribution in [0.25, 0.3) is 0 Å². The molecule has 3 nitrogen and oxygen atoms in total. The molecule has 0 aliphatic carbocycles. The molecule has 5 heteroatoms. The van der Waals surface area contributed by atoms with Crippen LogP contribution in [0.15, 0.2) is 23.6 Å². The molecule has 1 aromatic carbocycles. The number of anilines is 2. The first-order chi connectivity index (χ1) is 7.66. The van der Waals surface area contributed by atoms with E-state index in [9.17, 15) is 0 Å². The minimum Gasteiger partial charge on any atom is -0.397 e. The number of aromatic nitrogens is 1. The van der Waals surface area contributed by atoms with E-state index in [1.807, 2.05) is 30.5 Å². The molecule has 84 valence electrons. The Bertz CT molecular complexity index is 475. The minimum absolute atomic E-state index is 0.631. The molecule has 1 heterocycles. The van der Waals surface area contributed by atoms with E-state index < -0.39 is 0 Å². The molecular weight excluding hydrogens is 242 g/mol. The van der Waals surface area contributed by atoms with E-state index in [4.69, 9.17) is 17.3 Å². The highest BCUT2D eigenvalue weighted by Crippen LogP contribution is 2.28. The Morgan fingerprint density at radius 3 is 2.94 bits per heavy atom. The summed E-state index contributed by atoms with van der Waals surface area (Å²) in [5.74, 6) is 0. The highest BCUT2D eigenvalue weighted by molar-refractivity contribution is 7.09. The van der Waals surface area contributed by atoms with Crippen LogP contribution in [0.3, 0.4) is 0 Å². The Kier molecular flexibility index (Phi) is 3.31. The third kappa shape index (κ3) is 2.46. The molecular formula is C11H12ClN3S. The van der Waals surface area contributed by atoms with E-state index in [2.05, 4.69) is 10.3 Å². The number of nitrogen functional groups attached to an aromatic ring is 1. The molecule has 2 aromatic rings. The van der Waals surface area contributed by atoms with Gasteiger partial charge in [0.2, 0.25) is 0 Å². The summed E-state index contributed by atoms with van der Waals surface area (Å²) in [6.07, 6.45) is 0. The van der Waals surface area contributed by atoms with Crippen molar-refractivity contribution < 1.29 is 0 Å². The quantitative estimate of drug-likeness (QED) is 0.826. The fourth-order valence-electron chi connectivity index (χ4n) is 1.40. The lowest BCUT2D eigenvalue weighted by atomic mass is 10.2. The summed E-state index contributed by atoms with van der Waals surface area (Å²) in [4.78, 5) is 4.36. The summed E-state index contributed by atoms with van der Waals surface area (Å²) in [6, 6.07) is 5.46. The fourth-order valence-corrected chi connectivity index (χ4v) is 2.26. The van der Waals surface area contributed by atoms with Crippen LogP contribution in [0.4, 0.5) is 11.4 Å². The number of thiazole rings is 1. The van der Waals surface area contributed by atoms with Crippen LogP contribution in [0.5, 0.6) is 0 Å². The van der Waals surface area contributed by atoms with Gasteiger partial charge in [0.1, 0.15) is 0 Å². The van der Waals surface area contributed by atoms with Gasteiger partial charge in [-0.15, -0.1) is 11.3 Å². The monoisotopic (exact) mass is 253 g/mol. The SMILES string of the molecule is Cc1nc(CNc2c(N)cccc2Cl)cs1. The zero-order chi connectivity index (χ0) is 11.5. The second-order valence-electron chi connectivity index (χ2n) is 3.42. The molecule has 0 atom stereocenters. The number of nitrogens with one attached hydrogen (secondary N) is 1. The average molecular weight is 254 g/mol. The number of para-hydroxylation sites is 1. The number of benzene rings is 1. The van der Waals surface area contributed by atoms with Crippen LogP contribution in [-0.4, -0.2) is 4.98 Å². The van der Waals surface area contributed by atoms with Crippen molar-refractivity contribution >= 4 is 34.3 Å². The van der Waals surface area contributed by atoms with E-state index in [0.717, 1.165) is 16.4 Å². The van der Waals surface area contributed by atoms with Crippen LogP contribution in [0.2, 0.25) is 5.02 Å². The average Bonchev–Trinajstić information content (AvgIpc) is 2.63. The van der Waals surface area contributed by atoms with Crippen molar-refractivity contribution in [3.8, 4) is 0 Å². The molecule has 1 aromatic heterocycles. The van der Waals surface area contributed by atoms with Crippen LogP contribution in [0.1, 0.15) is 10.7 Å². The van der Waals surface area contributed by atoms with Crippen molar-refractivity contribution in [1.82, 2.24) is 4.98 Å². The van der Waals surface area contributed by atoms with E-state index in [0.29, 0.717) is 17.3 Å². The van der Waals surface area contributed by atoms with Crippen molar-refractivity contribution in [1.29, 1.82) is 0 Å². The first kappa shape index (κ1) is 11.2. The van der Waals surface area contributed by atoms with Gasteiger partial charge in [-0.3, -0.25) is 0 Å². The molecule has 2 rings (SSSR count). The molecule has 0 saturated carbocycles. The van der Waals surface area contributed by atoms with E-state index in [-0.39, 0.29) is 0 Å². The van der Waals surface area contributed by atoms with Gasteiger partial charge in [0.25, 0.3) is 0 Å². The van der Waals surface area contributed by atoms with Crippen LogP contribution in [0, 0.1) is 6.92 Å². The Morgan fingerprint density at radius 1 is 1.50 bits per heavy atom. The Morgan fingerprint density at radius 2 is 2.31 bits per heavy atom. The Hall–Kier alpha value is -1.26. The smallest absolute Gasteiger partial charge is 0.0898 e. The molecule has 0 amide bonds. The topological polar surface area (TPSA) is 50.9 Å². The van der Waals surface area contributed by atoms with Gasteiger partial charge in [-0.25, -0.2) is 4.98 Å². The number of nitrogens with zero attached hydrogens (tertiary/aromatic N) is 1. The lowest BCUT2D eigenvalue weighted by molar-refractivity contribution is 1.06. The summed E-state index contributed by atoms with van der Waals surface area (Å²) in [7, 11) is 0. The second kappa shape index (κ2) is 4.72. The van der Waals surface area contributed by atoms with Gasteiger partial charge in [-0.1, -0.05) is 17.7 Å². The van der Waals surface area contributed by atoms with Crippen molar-refractivity contribution in [2.24, 2.45) is 0 Å². The Balaban J connectivity index is 2.10. The molecule has 0 aliphatic heterocycles. The zero-order valence-electron chi connectivity index (χ0n) is 8.83. The first-order valence-corrected chi connectivity index (χ1v) is 6.11. The minimum atomic E-state index is 0.631. The second-order valence-corrected chi connectivity index (χ2v) is 4.88. The maximum atomic E-state index is 6.04. The lowest BCUT2D eigenvalue weighted by Gasteiger charge is -2.09. The van der Waals surface area contributed by atoms with Crippen LogP contribution in [-0.2, 0) is 6.54 Å². The summed E-state index contributed by atoms with van der Waals surface area (Å²) < 4.78 is 0. The molecule has 0 bridgehead atoms. The van der Waals surface area contributed by atoms with Crippen molar-refractivity contribution in [3.05, 3.63) is 39.3 Å². The molecule has 0 unspecified atom stereocenters. The number of hydrogen-bond donors (Lipinski definition) is 2. The third-order valence-electron chi connectivity index (χ3n) is 2.16. The maximum absolute atomic E-state index is 6.04. The van der Waals surface area contributed by atoms with Gasteiger partial charge in [0, 0.05) is 5.38 Å². The summed E-state index contributed by atoms with van der Waals surface area (Å²) in [5.41, 5.74) is 8.25. The highest BCUT2D eigenvalue weighted by Gasteiger charge is 2.04. The van der Waals surface area contributed by atoms with Crippen LogP contribution < -0.4 is 11.1 Å². The van der Waals surface area contributed by atoms with E-state index >= 15 is 0 Å². The van der Waals surface area contributed by atoms with Gasteiger partial charge >= 0.3 is 0 Å². The molecule has 0 spiro atoms. The number of halogens is 1. The van der Waals surface area contributed by atoms with Crippen molar-refractivity contribution in [2.75, 3.05) is 11.1 Å². The van der Waals surface area contributed by atoms with Crippen LogP contribution >= 0.6 is 22.9 Å². The third-order valence-corrected chi connectivity index (χ3v) is 3.30. The van der Waals surface area contributed by atoms with E-state index in [1.165, 1.54) is 0 Å². The Labute approximate surface area is 103 Å². The molecule has 0 saturated heterocycles. The maximum Gasteiger partial charge on any atom is 0.0898 e. The highest BCUT2D eigenvalue weighted by atomic mass is 35.5.